The van der Waals surface area contributed by atoms with Crippen LogP contribution in [0.15, 0.2) is 41.3 Å². The number of methoxy groups -OCH3 is 1. The molecule has 3 rings (SSSR count). The van der Waals surface area contributed by atoms with E-state index in [9.17, 15) is 22.8 Å². The fraction of sp³-hybridized carbons (Fsp3) is 0.286. The SMILES string of the molecule is COC(=O)[C@@H](N)Cc1ccc(-c2c(C(F)(F)F)cc(C)n(C)c2=O)c2ncccc12. The zero-order valence-electron chi connectivity index (χ0n) is 16.6. The molecule has 1 aromatic carbocycles. The van der Waals surface area contributed by atoms with Crippen LogP contribution in [-0.2, 0) is 29.2 Å². The average Bonchev–Trinajstić information content (AvgIpc) is 2.71. The summed E-state index contributed by atoms with van der Waals surface area (Å²) >= 11 is 0. The van der Waals surface area contributed by atoms with Gasteiger partial charge in [-0.25, -0.2) is 0 Å². The van der Waals surface area contributed by atoms with Gasteiger partial charge in [-0.15, -0.1) is 0 Å². The first-order valence-corrected chi connectivity index (χ1v) is 9.04. The van der Waals surface area contributed by atoms with E-state index in [0.29, 0.717) is 10.9 Å². The number of benzene rings is 1. The molecule has 0 spiro atoms. The highest BCUT2D eigenvalue weighted by Gasteiger charge is 2.36. The fourth-order valence-electron chi connectivity index (χ4n) is 3.39. The fourth-order valence-corrected chi connectivity index (χ4v) is 3.39. The van der Waals surface area contributed by atoms with Gasteiger partial charge in [-0.1, -0.05) is 18.2 Å². The number of esters is 1. The number of hydrogen-bond acceptors (Lipinski definition) is 5. The second-order valence-electron chi connectivity index (χ2n) is 6.94. The smallest absolute Gasteiger partial charge is 0.417 e. The first-order chi connectivity index (χ1) is 14.1. The number of halogens is 3. The zero-order chi connectivity index (χ0) is 22.2. The molecule has 0 radical (unpaired) electrons. The van der Waals surface area contributed by atoms with E-state index in [-0.39, 0.29) is 23.2 Å². The van der Waals surface area contributed by atoms with Crippen molar-refractivity contribution in [3.63, 3.8) is 0 Å². The third-order valence-corrected chi connectivity index (χ3v) is 5.05. The molecule has 2 aromatic heterocycles. The largest absolute Gasteiger partial charge is 0.468 e. The number of ether oxygens (including phenoxy) is 1. The van der Waals surface area contributed by atoms with Crippen LogP contribution < -0.4 is 11.3 Å². The minimum atomic E-state index is -4.72. The number of rotatable bonds is 4. The number of nitrogens with zero attached hydrogens (tertiary/aromatic N) is 2. The maximum absolute atomic E-state index is 13.8. The molecular weight excluding hydrogens is 399 g/mol. The molecule has 9 heteroatoms. The van der Waals surface area contributed by atoms with Crippen LogP contribution in [0, 0.1) is 6.92 Å². The number of fused-ring (bicyclic) bond motifs is 1. The van der Waals surface area contributed by atoms with Gasteiger partial charge in [0.05, 0.1) is 23.8 Å². The summed E-state index contributed by atoms with van der Waals surface area (Å²) in [6.45, 7) is 1.44. The van der Waals surface area contributed by atoms with Crippen molar-refractivity contribution in [1.29, 1.82) is 0 Å². The molecule has 30 heavy (non-hydrogen) atoms. The quantitative estimate of drug-likeness (QED) is 0.657. The van der Waals surface area contributed by atoms with Gasteiger partial charge >= 0.3 is 12.1 Å². The highest BCUT2D eigenvalue weighted by atomic mass is 19.4. The summed E-state index contributed by atoms with van der Waals surface area (Å²) in [5, 5.41) is 0.505. The maximum atomic E-state index is 13.8. The van der Waals surface area contributed by atoms with Gasteiger partial charge in [0.25, 0.3) is 5.56 Å². The number of alkyl halides is 3. The average molecular weight is 419 g/mol. The summed E-state index contributed by atoms with van der Waals surface area (Å²) in [6, 6.07) is 6.26. The van der Waals surface area contributed by atoms with Crippen LogP contribution in [-0.4, -0.2) is 28.7 Å². The number of pyridine rings is 2. The van der Waals surface area contributed by atoms with Crippen LogP contribution >= 0.6 is 0 Å². The number of carbonyl (C=O) groups is 1. The highest BCUT2D eigenvalue weighted by molar-refractivity contribution is 5.96. The van der Waals surface area contributed by atoms with Gasteiger partial charge in [-0.2, -0.15) is 13.2 Å². The molecule has 1 atom stereocenters. The second-order valence-corrected chi connectivity index (χ2v) is 6.94. The van der Waals surface area contributed by atoms with Crippen molar-refractivity contribution in [2.24, 2.45) is 12.8 Å². The molecule has 2 N–H and O–H groups in total. The van der Waals surface area contributed by atoms with E-state index >= 15 is 0 Å². The summed E-state index contributed by atoms with van der Waals surface area (Å²) in [5.41, 5.74) is 4.67. The summed E-state index contributed by atoms with van der Waals surface area (Å²) in [5.74, 6) is -0.608. The van der Waals surface area contributed by atoms with E-state index < -0.39 is 34.9 Å². The molecule has 0 aliphatic rings. The Labute approximate surface area is 170 Å². The lowest BCUT2D eigenvalue weighted by Gasteiger charge is -2.18. The van der Waals surface area contributed by atoms with Crippen molar-refractivity contribution in [3.05, 3.63) is 63.7 Å². The lowest BCUT2D eigenvalue weighted by atomic mass is 9.93. The van der Waals surface area contributed by atoms with Crippen LogP contribution in [0.25, 0.3) is 22.0 Å². The lowest BCUT2D eigenvalue weighted by molar-refractivity contribution is -0.142. The van der Waals surface area contributed by atoms with Crippen LogP contribution in [0.5, 0.6) is 0 Å². The predicted molar refractivity (Wildman–Crippen MR) is 106 cm³/mol. The predicted octanol–water partition coefficient (Wildman–Crippen LogP) is 2.97. The Morgan fingerprint density at radius 1 is 1.30 bits per heavy atom. The standard InChI is InChI=1S/C21H20F3N3O3/c1-11-9-15(21(22,23)24)17(19(28)27(11)2)14-7-6-12(10-16(25)20(29)30-3)13-5-4-8-26-18(13)14/h4-9,16H,10,25H2,1-3H3/t16-/m0/s1. The zero-order valence-corrected chi connectivity index (χ0v) is 16.6. The van der Waals surface area contributed by atoms with E-state index in [1.54, 1.807) is 18.2 Å². The van der Waals surface area contributed by atoms with Gasteiger partial charge in [-0.3, -0.25) is 14.6 Å². The molecule has 2 heterocycles. The molecule has 0 fully saturated rings. The molecule has 3 aromatic rings. The summed E-state index contributed by atoms with van der Waals surface area (Å²) in [6.07, 6.45) is -3.19. The van der Waals surface area contributed by atoms with Gasteiger partial charge < -0.3 is 15.0 Å². The molecule has 0 aliphatic heterocycles. The van der Waals surface area contributed by atoms with Crippen LogP contribution in [0.2, 0.25) is 0 Å². The van der Waals surface area contributed by atoms with E-state index in [4.69, 9.17) is 5.73 Å². The third kappa shape index (κ3) is 3.80. The molecule has 158 valence electrons. The van der Waals surface area contributed by atoms with Gasteiger partial charge in [0.1, 0.15) is 6.04 Å². The molecule has 0 bridgehead atoms. The van der Waals surface area contributed by atoms with Crippen molar-refractivity contribution < 1.29 is 22.7 Å². The monoisotopic (exact) mass is 419 g/mol. The number of hydrogen-bond donors (Lipinski definition) is 1. The second kappa shape index (κ2) is 7.91. The van der Waals surface area contributed by atoms with Crippen molar-refractivity contribution in [2.45, 2.75) is 25.6 Å². The molecule has 0 unspecified atom stereocenters. The summed E-state index contributed by atoms with van der Waals surface area (Å²) in [7, 11) is 2.64. The number of carbonyl (C=O) groups excluding carboxylic acids is 1. The van der Waals surface area contributed by atoms with Crippen molar-refractivity contribution in [3.8, 4) is 11.1 Å². The molecule has 6 nitrogen and oxygen atoms in total. The van der Waals surface area contributed by atoms with Crippen molar-refractivity contribution in [2.75, 3.05) is 7.11 Å². The van der Waals surface area contributed by atoms with Crippen molar-refractivity contribution >= 4 is 16.9 Å². The molecule has 0 saturated heterocycles. The Morgan fingerprint density at radius 3 is 2.63 bits per heavy atom. The molecule has 0 amide bonds. The molecule has 0 aliphatic carbocycles. The first-order valence-electron chi connectivity index (χ1n) is 9.04. The van der Waals surface area contributed by atoms with Crippen LogP contribution in [0.3, 0.4) is 0 Å². The van der Waals surface area contributed by atoms with E-state index in [2.05, 4.69) is 9.72 Å². The molecule has 0 saturated carbocycles. The van der Waals surface area contributed by atoms with Gasteiger partial charge in [-0.05, 0) is 31.0 Å². The minimum absolute atomic E-state index is 0.0638. The van der Waals surface area contributed by atoms with Gasteiger partial charge in [0.2, 0.25) is 0 Å². The number of nitrogens with two attached hydrogens (primary N) is 1. The van der Waals surface area contributed by atoms with Crippen molar-refractivity contribution in [1.82, 2.24) is 9.55 Å². The van der Waals surface area contributed by atoms with Gasteiger partial charge in [0, 0.05) is 29.9 Å². The highest BCUT2D eigenvalue weighted by Crippen LogP contribution is 2.38. The summed E-state index contributed by atoms with van der Waals surface area (Å²) in [4.78, 5) is 28.8. The normalized spacial score (nSPS) is 12.8. The Kier molecular flexibility index (Phi) is 5.67. The minimum Gasteiger partial charge on any atom is -0.468 e. The van der Waals surface area contributed by atoms with Crippen LogP contribution in [0.4, 0.5) is 13.2 Å². The Balaban J connectivity index is 2.30. The van der Waals surface area contributed by atoms with Crippen LogP contribution in [0.1, 0.15) is 16.8 Å². The first kappa shape index (κ1) is 21.5. The topological polar surface area (TPSA) is 87.2 Å². The Morgan fingerprint density at radius 2 is 2.00 bits per heavy atom. The van der Waals surface area contributed by atoms with E-state index in [0.717, 1.165) is 6.07 Å². The number of aryl methyl sites for hydroxylation is 1. The Hall–Kier alpha value is -3.20. The maximum Gasteiger partial charge on any atom is 0.417 e. The third-order valence-electron chi connectivity index (χ3n) is 5.05. The molecular formula is C21H20F3N3O3. The Bertz CT molecular complexity index is 1190. The van der Waals surface area contributed by atoms with E-state index in [1.807, 2.05) is 0 Å². The summed E-state index contributed by atoms with van der Waals surface area (Å²) < 4.78 is 47.1. The van der Waals surface area contributed by atoms with E-state index in [1.165, 1.54) is 37.9 Å². The number of aromatic nitrogens is 2. The lowest BCUT2D eigenvalue weighted by Crippen LogP contribution is -2.33. The van der Waals surface area contributed by atoms with Gasteiger partial charge in [0.15, 0.2) is 0 Å².